The van der Waals surface area contributed by atoms with E-state index in [0.29, 0.717) is 17.0 Å². The van der Waals surface area contributed by atoms with Gasteiger partial charge in [-0.3, -0.25) is 67.5 Å². The fraction of sp³-hybridized carbons (Fsp3) is 0.585. The minimum atomic E-state index is -1.46. The number of nitrogens with two attached hydrogens (primary N) is 5. The molecule has 0 aliphatic carbocycles. The highest BCUT2D eigenvalue weighted by molar-refractivity contribution is 7.80. The van der Waals surface area contributed by atoms with Gasteiger partial charge in [0, 0.05) is 67.6 Å². The summed E-state index contributed by atoms with van der Waals surface area (Å²) >= 11 is 8.01. The molecule has 0 saturated carbocycles. The van der Waals surface area contributed by atoms with Gasteiger partial charge in [-0.05, 0) is 68.3 Å². The van der Waals surface area contributed by atoms with Crippen molar-refractivity contribution in [1.29, 1.82) is 0 Å². The predicted molar refractivity (Wildman–Crippen MR) is 392 cm³/mol. The molecular formula is C65H105N23O14S2. The van der Waals surface area contributed by atoms with Crippen molar-refractivity contribution in [3.8, 4) is 0 Å². The van der Waals surface area contributed by atoms with Crippen molar-refractivity contribution in [2.45, 2.75) is 186 Å². The molecule has 2 aromatic heterocycles. The molecule has 0 fully saturated rings. The molecule has 0 aliphatic rings. The van der Waals surface area contributed by atoms with Crippen molar-refractivity contribution in [2.24, 2.45) is 62.3 Å². The lowest BCUT2D eigenvalue weighted by Crippen LogP contribution is -2.62. The third-order valence-corrected chi connectivity index (χ3v) is 16.7. The molecule has 37 nitrogen and oxygen atoms in total. The normalized spacial score (nSPS) is 14.7. The second-order valence-electron chi connectivity index (χ2n) is 26.2. The van der Waals surface area contributed by atoms with E-state index in [1.807, 2.05) is 0 Å². The van der Waals surface area contributed by atoms with Crippen LogP contribution in [0.25, 0.3) is 0 Å². The number of aromatic amines is 2. The maximum Gasteiger partial charge on any atom is 0.327 e. The molecule has 39 heteroatoms. The standard InChI is InChI=1S/C65H105N23O14S2/c1-32(2)21-43(58(96)87-49(33(3)4)61(99)81-42(18-14-20-74-65(69)70)55(93)86-51(35(7)8)62(100)85-47(29-104)63(101)102)82-52(90)36(9)78-54(92)41(17-13-19-73-64(67)68)80-60(98)50(34(5)6)88-59(97)44(22-37-15-11-10-12-16-37)83-57(95)46(24-39-26-72-31-77-39)84-56(94)45(23-38-25-71-30-76-38)79-48(89)27-75-53(91)40(66)28-103/h10-12,15-16,25-26,30-36,40-47,49-51,103-104H,13-14,17-24,27-29,66H2,1-9H3,(H,71,76)(H,72,77)(H,75,91)(H,78,92)(H,79,89)(H,80,98)(H,81,99)(H,82,90)(H,83,95)(H,84,94)(H,85,100)(H,86,93)(H,87,96)(H,88,97)(H,101,102)(H4,67,68,73)(H4,69,70,74)/t36-,40-,41-,42-,43-,44-,45-,46-,47-,49-,50-,51-/m0/s1. The highest BCUT2D eigenvalue weighted by Crippen LogP contribution is 2.15. The van der Waals surface area contributed by atoms with Crippen LogP contribution in [0.1, 0.15) is 111 Å². The predicted octanol–water partition coefficient (Wildman–Crippen LogP) is -4.98. The average Bonchev–Trinajstić information content (AvgIpc) is 1.08. The number of hydrogen-bond acceptors (Lipinski definition) is 20. The minimum absolute atomic E-state index is 0.00365. The Balaban J connectivity index is 1.91. The fourth-order valence-corrected chi connectivity index (χ4v) is 10.6. The van der Waals surface area contributed by atoms with E-state index in [1.54, 1.807) is 85.7 Å². The molecule has 104 heavy (non-hydrogen) atoms. The zero-order valence-corrected chi connectivity index (χ0v) is 61.7. The molecule has 25 N–H and O–H groups in total. The van der Waals surface area contributed by atoms with Crippen molar-refractivity contribution in [3.63, 3.8) is 0 Å². The Kier molecular flexibility index (Phi) is 38.3. The molecule has 1 aromatic carbocycles. The minimum Gasteiger partial charge on any atom is -0.480 e. The molecule has 12 atom stereocenters. The summed E-state index contributed by atoms with van der Waals surface area (Å²) in [6.45, 7) is 14.0. The lowest BCUT2D eigenvalue weighted by Gasteiger charge is -2.30. The first-order chi connectivity index (χ1) is 49.0. The zero-order chi connectivity index (χ0) is 77.9. The first kappa shape index (κ1) is 88.2. The van der Waals surface area contributed by atoms with Crippen LogP contribution < -0.4 is 92.5 Å². The number of nitrogens with one attached hydrogen (secondary N) is 14. The van der Waals surface area contributed by atoms with Crippen LogP contribution in [-0.4, -0.2) is 217 Å². The molecule has 0 bridgehead atoms. The Labute approximate surface area is 614 Å². The molecule has 2 heterocycles. The second-order valence-corrected chi connectivity index (χ2v) is 26.9. The average molecular weight is 1500 g/mol. The van der Waals surface area contributed by atoms with E-state index in [-0.39, 0.29) is 93.8 Å². The number of aliphatic imine (C=N–C) groups is 2. The lowest BCUT2D eigenvalue weighted by molar-refractivity contribution is -0.142. The summed E-state index contributed by atoms with van der Waals surface area (Å²) in [5, 5.41) is 40.9. The molecule has 576 valence electrons. The number of imidazole rings is 2. The highest BCUT2D eigenvalue weighted by Gasteiger charge is 2.38. The van der Waals surface area contributed by atoms with Crippen LogP contribution in [0, 0.1) is 23.7 Å². The summed E-state index contributed by atoms with van der Waals surface area (Å²) in [5.74, 6) is -14.2. The summed E-state index contributed by atoms with van der Waals surface area (Å²) in [4.78, 5) is 202. The first-order valence-corrected chi connectivity index (χ1v) is 35.2. The van der Waals surface area contributed by atoms with E-state index in [2.05, 4.69) is 119 Å². The van der Waals surface area contributed by atoms with Crippen LogP contribution in [-0.2, 0) is 81.6 Å². The number of carbonyl (C=O) groups is 13. The maximum absolute atomic E-state index is 14.8. The summed E-state index contributed by atoms with van der Waals surface area (Å²) in [6.07, 6.45) is 5.10. The van der Waals surface area contributed by atoms with E-state index in [0.717, 1.165) is 0 Å². The third-order valence-electron chi connectivity index (χ3n) is 15.9. The number of guanidine groups is 2. The van der Waals surface area contributed by atoms with Crippen LogP contribution in [0.4, 0.5) is 0 Å². The van der Waals surface area contributed by atoms with Crippen molar-refractivity contribution < 1.29 is 67.4 Å². The first-order valence-electron chi connectivity index (χ1n) is 34.0. The molecule has 0 saturated heterocycles. The van der Waals surface area contributed by atoms with Gasteiger partial charge in [-0.2, -0.15) is 25.3 Å². The van der Waals surface area contributed by atoms with Crippen molar-refractivity contribution in [1.82, 2.24) is 83.7 Å². The van der Waals surface area contributed by atoms with E-state index >= 15 is 0 Å². The molecule has 0 unspecified atom stereocenters. The van der Waals surface area contributed by atoms with Gasteiger partial charge in [0.1, 0.15) is 66.5 Å². The Bertz CT molecular complexity index is 3370. The smallest absolute Gasteiger partial charge is 0.327 e. The number of benzene rings is 1. The SMILES string of the molecule is CC(C)C[C@H](NC(=O)[C@H](C)NC(=O)[C@H](CCCN=C(N)N)NC(=O)[C@@H](NC(=O)[C@H](Cc1ccccc1)NC(=O)[C@H](Cc1cnc[nH]1)NC(=O)[C@H](Cc1cnc[nH]1)NC(=O)CNC(=O)[C@@H](N)CS)C(C)C)C(=O)N[C@H](C(=O)N[C@@H](CCCN=C(N)N)C(=O)N[C@H](C(=O)N[C@@H](CS)C(=O)O)C(C)C)C(C)C. The van der Waals surface area contributed by atoms with Gasteiger partial charge in [0.2, 0.25) is 70.9 Å². The van der Waals surface area contributed by atoms with E-state index < -0.39 is 174 Å². The number of aromatic nitrogens is 4. The Morgan fingerprint density at radius 2 is 0.846 bits per heavy atom. The van der Waals surface area contributed by atoms with Crippen LogP contribution in [0.5, 0.6) is 0 Å². The summed E-state index contributed by atoms with van der Waals surface area (Å²) in [7, 11) is 0. The summed E-state index contributed by atoms with van der Waals surface area (Å²) in [6, 6.07) is -7.62. The van der Waals surface area contributed by atoms with E-state index in [9.17, 15) is 67.4 Å². The van der Waals surface area contributed by atoms with E-state index in [4.69, 9.17) is 28.7 Å². The van der Waals surface area contributed by atoms with Gasteiger partial charge in [0.05, 0.1) is 25.2 Å². The molecule has 3 aromatic rings. The van der Waals surface area contributed by atoms with E-state index in [1.165, 1.54) is 32.0 Å². The maximum atomic E-state index is 14.8. The van der Waals surface area contributed by atoms with Gasteiger partial charge < -0.3 is 108 Å². The zero-order valence-electron chi connectivity index (χ0n) is 60.0. The Hall–Kier alpha value is -10.0. The Morgan fingerprint density at radius 3 is 1.24 bits per heavy atom. The van der Waals surface area contributed by atoms with Crippen LogP contribution >= 0.6 is 25.3 Å². The number of rotatable bonds is 46. The number of aliphatic carboxylic acids is 1. The van der Waals surface area contributed by atoms with Crippen molar-refractivity contribution in [3.05, 3.63) is 72.3 Å². The van der Waals surface area contributed by atoms with Gasteiger partial charge in [0.25, 0.3) is 0 Å². The molecule has 3 rings (SSSR count). The van der Waals surface area contributed by atoms with Crippen molar-refractivity contribution in [2.75, 3.05) is 31.1 Å². The van der Waals surface area contributed by atoms with Gasteiger partial charge in [-0.15, -0.1) is 0 Å². The molecular weight excluding hydrogens is 1390 g/mol. The van der Waals surface area contributed by atoms with Gasteiger partial charge in [-0.1, -0.05) is 85.7 Å². The van der Waals surface area contributed by atoms with Gasteiger partial charge >= 0.3 is 5.97 Å². The fourth-order valence-electron chi connectivity index (χ4n) is 10.1. The molecule has 12 amide bonds. The Morgan fingerprint density at radius 1 is 0.462 bits per heavy atom. The summed E-state index contributed by atoms with van der Waals surface area (Å²) in [5.41, 5.74) is 29.3. The van der Waals surface area contributed by atoms with Crippen LogP contribution in [0.15, 0.2) is 65.4 Å². The number of hydrogen-bond donors (Lipinski definition) is 22. The number of nitrogens with zero attached hydrogens (tertiary/aromatic N) is 4. The largest absolute Gasteiger partial charge is 0.480 e. The number of thiol groups is 2. The topological polar surface area (TPSA) is 599 Å². The van der Waals surface area contributed by atoms with Gasteiger partial charge in [-0.25, -0.2) is 14.8 Å². The number of amides is 12. The van der Waals surface area contributed by atoms with Crippen LogP contribution in [0.2, 0.25) is 0 Å². The van der Waals surface area contributed by atoms with Crippen LogP contribution in [0.3, 0.4) is 0 Å². The molecule has 0 radical (unpaired) electrons. The van der Waals surface area contributed by atoms with Gasteiger partial charge in [0.15, 0.2) is 11.9 Å². The quantitative estimate of drug-likeness (QED) is 0.0109. The highest BCUT2D eigenvalue weighted by atomic mass is 32.1. The molecule has 0 spiro atoms. The number of carboxylic acids is 1. The number of carboxylic acid groups (broad SMARTS) is 1. The monoisotopic (exact) mass is 1500 g/mol. The summed E-state index contributed by atoms with van der Waals surface area (Å²) < 4.78 is 0. The lowest BCUT2D eigenvalue weighted by atomic mass is 9.98. The van der Waals surface area contributed by atoms with Crippen molar-refractivity contribution >= 4 is 114 Å². The molecule has 0 aliphatic heterocycles. The second kappa shape index (κ2) is 45.1. The number of H-pyrrole nitrogens is 2. The number of carbonyl (C=O) groups excluding carboxylic acids is 12. The third kappa shape index (κ3) is 31.7.